The molecule has 1 N–H and O–H groups in total. The van der Waals surface area contributed by atoms with E-state index in [1.54, 1.807) is 6.92 Å². The van der Waals surface area contributed by atoms with Crippen molar-refractivity contribution in [2.45, 2.75) is 45.8 Å². The molecule has 6 heteroatoms. The fraction of sp³-hybridized carbons (Fsp3) is 0.500. The van der Waals surface area contributed by atoms with Crippen LogP contribution >= 0.6 is 0 Å². The summed E-state index contributed by atoms with van der Waals surface area (Å²) in [5.74, 6) is -1.36. The summed E-state index contributed by atoms with van der Waals surface area (Å²) in [4.78, 5) is 37.2. The lowest BCUT2D eigenvalue weighted by atomic mass is 9.99. The van der Waals surface area contributed by atoms with E-state index in [0.29, 0.717) is 12.1 Å². The molecule has 1 aliphatic heterocycles. The first-order chi connectivity index (χ1) is 11.3. The maximum absolute atomic E-state index is 12.4. The van der Waals surface area contributed by atoms with Crippen LogP contribution < -0.4 is 0 Å². The predicted molar refractivity (Wildman–Crippen MR) is 88.0 cm³/mol. The molecule has 0 radical (unpaired) electrons. The molecule has 1 heterocycles. The van der Waals surface area contributed by atoms with Crippen LogP contribution in [0, 0.1) is 13.8 Å². The summed E-state index contributed by atoms with van der Waals surface area (Å²) in [5, 5.41) is 9.06. The number of carbonyl (C=O) groups excluding carboxylic acids is 2. The van der Waals surface area contributed by atoms with Gasteiger partial charge >= 0.3 is 5.97 Å². The number of ketones is 1. The number of carbonyl (C=O) groups is 3. The van der Waals surface area contributed by atoms with Crippen LogP contribution in [0.5, 0.6) is 0 Å². The summed E-state index contributed by atoms with van der Waals surface area (Å²) in [6.45, 7) is 5.89. The number of hydrogen-bond acceptors (Lipinski definition) is 4. The third-order valence-electron chi connectivity index (χ3n) is 4.15. The highest BCUT2D eigenvalue weighted by Gasteiger charge is 2.32. The van der Waals surface area contributed by atoms with E-state index < -0.39 is 12.1 Å². The topological polar surface area (TPSA) is 83.9 Å². The summed E-state index contributed by atoms with van der Waals surface area (Å²) < 4.78 is 5.29. The summed E-state index contributed by atoms with van der Waals surface area (Å²) in [6.07, 6.45) is -1.15. The molecule has 2 rings (SSSR count). The van der Waals surface area contributed by atoms with Crippen LogP contribution in [0.25, 0.3) is 0 Å². The minimum atomic E-state index is -1.08. The van der Waals surface area contributed by atoms with Gasteiger partial charge in [0.2, 0.25) is 5.91 Å². The first-order valence-corrected chi connectivity index (χ1v) is 8.04. The number of carboxylic acids is 1. The number of Topliss-reactive ketones (excluding diaryl/α,β-unsaturated/α-hetero) is 1. The van der Waals surface area contributed by atoms with Gasteiger partial charge in [0.1, 0.15) is 0 Å². The number of morpholine rings is 1. The largest absolute Gasteiger partial charge is 0.479 e. The Hall–Kier alpha value is -2.21. The predicted octanol–water partition coefficient (Wildman–Crippen LogP) is 1.97. The summed E-state index contributed by atoms with van der Waals surface area (Å²) in [7, 11) is 0. The second-order valence-electron chi connectivity index (χ2n) is 6.31. The van der Waals surface area contributed by atoms with Crippen molar-refractivity contribution >= 4 is 17.7 Å². The molecule has 0 saturated carbocycles. The molecule has 0 aliphatic carbocycles. The van der Waals surface area contributed by atoms with Crippen molar-refractivity contribution in [2.75, 3.05) is 13.1 Å². The van der Waals surface area contributed by atoms with E-state index in [1.807, 2.05) is 32.0 Å². The van der Waals surface area contributed by atoms with Crippen LogP contribution in [0.1, 0.15) is 41.3 Å². The number of nitrogens with zero attached hydrogens (tertiary/aromatic N) is 1. The molecule has 1 unspecified atom stereocenters. The van der Waals surface area contributed by atoms with Crippen LogP contribution in [0.3, 0.4) is 0 Å². The quantitative estimate of drug-likeness (QED) is 0.833. The van der Waals surface area contributed by atoms with Gasteiger partial charge in [-0.1, -0.05) is 17.7 Å². The van der Waals surface area contributed by atoms with Crippen LogP contribution in [-0.4, -0.2) is 53.0 Å². The molecule has 1 aliphatic rings. The number of carboxylic acid groups (broad SMARTS) is 1. The van der Waals surface area contributed by atoms with Crippen molar-refractivity contribution in [1.29, 1.82) is 0 Å². The molecule has 0 aromatic heterocycles. The van der Waals surface area contributed by atoms with E-state index in [-0.39, 0.29) is 37.2 Å². The first kappa shape index (κ1) is 18.1. The van der Waals surface area contributed by atoms with Crippen LogP contribution in [-0.2, 0) is 14.3 Å². The minimum absolute atomic E-state index is 0.0240. The molecule has 1 fully saturated rings. The number of aryl methyl sites for hydroxylation is 2. The second kappa shape index (κ2) is 7.57. The molecule has 1 aromatic carbocycles. The van der Waals surface area contributed by atoms with Gasteiger partial charge in [-0.3, -0.25) is 9.59 Å². The maximum atomic E-state index is 12.4. The van der Waals surface area contributed by atoms with Crippen LogP contribution in [0.4, 0.5) is 0 Å². The van der Waals surface area contributed by atoms with Crippen molar-refractivity contribution in [3.63, 3.8) is 0 Å². The Bertz CT molecular complexity index is 655. The Labute approximate surface area is 141 Å². The smallest absolute Gasteiger partial charge is 0.334 e. The molecule has 1 saturated heterocycles. The minimum Gasteiger partial charge on any atom is -0.479 e. The number of hydrogen-bond donors (Lipinski definition) is 1. The van der Waals surface area contributed by atoms with Crippen LogP contribution in [0.15, 0.2) is 18.2 Å². The van der Waals surface area contributed by atoms with Crippen molar-refractivity contribution in [3.05, 3.63) is 34.9 Å². The van der Waals surface area contributed by atoms with E-state index in [1.165, 1.54) is 4.90 Å². The first-order valence-electron chi connectivity index (χ1n) is 8.04. The third-order valence-corrected chi connectivity index (χ3v) is 4.15. The molecule has 2 atom stereocenters. The number of benzene rings is 1. The van der Waals surface area contributed by atoms with Crippen molar-refractivity contribution in [1.82, 2.24) is 4.90 Å². The Morgan fingerprint density at radius 1 is 1.21 bits per heavy atom. The Kier molecular flexibility index (Phi) is 5.72. The Morgan fingerprint density at radius 2 is 1.92 bits per heavy atom. The summed E-state index contributed by atoms with van der Waals surface area (Å²) in [5.41, 5.74) is 2.53. The molecular formula is C18H23NO5. The summed E-state index contributed by atoms with van der Waals surface area (Å²) in [6, 6.07) is 5.67. The molecule has 0 spiro atoms. The lowest BCUT2D eigenvalue weighted by Crippen LogP contribution is -2.51. The zero-order valence-corrected chi connectivity index (χ0v) is 14.2. The molecule has 6 nitrogen and oxygen atoms in total. The van der Waals surface area contributed by atoms with E-state index in [2.05, 4.69) is 0 Å². The lowest BCUT2D eigenvalue weighted by Gasteiger charge is -2.35. The molecule has 24 heavy (non-hydrogen) atoms. The maximum Gasteiger partial charge on any atom is 0.334 e. The molecular weight excluding hydrogens is 310 g/mol. The molecule has 0 bridgehead atoms. The van der Waals surface area contributed by atoms with E-state index >= 15 is 0 Å². The average molecular weight is 333 g/mol. The lowest BCUT2D eigenvalue weighted by molar-refractivity contribution is -0.166. The highest BCUT2D eigenvalue weighted by molar-refractivity contribution is 5.99. The van der Waals surface area contributed by atoms with Gasteiger partial charge < -0.3 is 14.7 Å². The Balaban J connectivity index is 1.96. The monoisotopic (exact) mass is 333 g/mol. The van der Waals surface area contributed by atoms with Crippen molar-refractivity contribution in [2.24, 2.45) is 0 Å². The van der Waals surface area contributed by atoms with Gasteiger partial charge in [0.15, 0.2) is 11.9 Å². The molecule has 1 aromatic rings. The highest BCUT2D eigenvalue weighted by atomic mass is 16.5. The third kappa shape index (κ3) is 4.41. The number of aliphatic carboxylic acids is 1. The van der Waals surface area contributed by atoms with Gasteiger partial charge in [0, 0.05) is 24.9 Å². The standard InChI is InChI=1S/C18H23NO5/c1-11-4-5-12(2)14(8-11)15(20)6-7-17(21)19-9-13(3)24-16(10-19)18(22)23/h4-5,8,13,16H,6-7,9-10H2,1-3H3,(H,22,23)/t13-,16?/m1/s1. The highest BCUT2D eigenvalue weighted by Crippen LogP contribution is 2.16. The van der Waals surface area contributed by atoms with Crippen molar-refractivity contribution < 1.29 is 24.2 Å². The Morgan fingerprint density at radius 3 is 2.58 bits per heavy atom. The number of amides is 1. The van der Waals surface area contributed by atoms with Crippen LogP contribution in [0.2, 0.25) is 0 Å². The van der Waals surface area contributed by atoms with E-state index in [9.17, 15) is 14.4 Å². The normalized spacial score (nSPS) is 20.7. The second-order valence-corrected chi connectivity index (χ2v) is 6.31. The van der Waals surface area contributed by atoms with E-state index in [4.69, 9.17) is 9.84 Å². The van der Waals surface area contributed by atoms with Crippen molar-refractivity contribution in [3.8, 4) is 0 Å². The van der Waals surface area contributed by atoms with Gasteiger partial charge in [-0.05, 0) is 32.4 Å². The van der Waals surface area contributed by atoms with Gasteiger partial charge in [-0.25, -0.2) is 4.79 Å². The van der Waals surface area contributed by atoms with Gasteiger partial charge in [0.05, 0.1) is 12.6 Å². The fourth-order valence-electron chi connectivity index (χ4n) is 2.84. The average Bonchev–Trinajstić information content (AvgIpc) is 2.53. The number of rotatable bonds is 5. The molecule has 130 valence electrons. The fourth-order valence-corrected chi connectivity index (χ4v) is 2.84. The van der Waals surface area contributed by atoms with Gasteiger partial charge in [-0.15, -0.1) is 0 Å². The molecule has 1 amide bonds. The number of ether oxygens (including phenoxy) is 1. The zero-order chi connectivity index (χ0) is 17.9. The van der Waals surface area contributed by atoms with Gasteiger partial charge in [-0.2, -0.15) is 0 Å². The zero-order valence-electron chi connectivity index (χ0n) is 14.2. The van der Waals surface area contributed by atoms with E-state index in [0.717, 1.165) is 11.1 Å². The SMILES string of the molecule is Cc1ccc(C)c(C(=O)CCC(=O)N2CC(C(=O)O)O[C@H](C)C2)c1. The summed E-state index contributed by atoms with van der Waals surface area (Å²) >= 11 is 0. The van der Waals surface area contributed by atoms with Gasteiger partial charge in [0.25, 0.3) is 0 Å².